The molecule has 9 heteroatoms. The Morgan fingerprint density at radius 1 is 0.667 bits per heavy atom. The zero-order valence-corrected chi connectivity index (χ0v) is 12.7. The summed E-state index contributed by atoms with van der Waals surface area (Å²) < 4.78 is 6.47. The van der Waals surface area contributed by atoms with E-state index in [9.17, 15) is 0 Å². The van der Waals surface area contributed by atoms with Crippen molar-refractivity contribution < 1.29 is 86.2 Å². The van der Waals surface area contributed by atoms with Crippen LogP contribution in [0.25, 0.3) is 0 Å². The SMILES string of the molecule is OCl.[Al+3].[Cl-].[Cl-].[Cl-].[Cl-].[Cl-].[Zn+2]. The average molecular weight is 322 g/mol. The molecule has 9 heavy (non-hydrogen) atoms. The van der Waals surface area contributed by atoms with E-state index in [1.165, 1.54) is 0 Å². The van der Waals surface area contributed by atoms with Crippen LogP contribution in [0.5, 0.6) is 0 Å². The fraction of sp³-hybridized carbons (Fsp3) is 0. The third kappa shape index (κ3) is 104. The molecule has 0 aromatic rings. The van der Waals surface area contributed by atoms with Crippen LogP contribution in [0.2, 0.25) is 0 Å². The molecule has 0 aromatic carbocycles. The van der Waals surface area contributed by atoms with Crippen molar-refractivity contribution in [1.29, 1.82) is 0 Å². The van der Waals surface area contributed by atoms with Crippen molar-refractivity contribution in [3.8, 4) is 0 Å². The Hall–Kier alpha value is 2.86. The molecule has 0 aliphatic heterocycles. The van der Waals surface area contributed by atoms with Gasteiger partial charge in [-0.05, 0) is 0 Å². The largest absolute Gasteiger partial charge is 3.00 e. The first-order valence-corrected chi connectivity index (χ1v) is 0.507. The average Bonchev–Trinajstić information content (AvgIpc) is 1.00. The molecule has 1 N–H and O–H groups in total. The fourth-order valence-corrected chi connectivity index (χ4v) is 0. The smallest absolute Gasteiger partial charge is 1.00 e. The molecule has 0 aromatic heterocycles. The summed E-state index contributed by atoms with van der Waals surface area (Å²) in [5.41, 5.74) is 0. The van der Waals surface area contributed by atoms with E-state index in [2.05, 4.69) is 11.9 Å². The molecule has 0 amide bonds. The number of rotatable bonds is 0. The number of hydrogen-bond acceptors (Lipinski definition) is 1. The minimum Gasteiger partial charge on any atom is -1.00 e. The Morgan fingerprint density at radius 3 is 0.667 bits per heavy atom. The van der Waals surface area contributed by atoms with E-state index >= 15 is 0 Å². The molecule has 0 saturated heterocycles. The van der Waals surface area contributed by atoms with Crippen LogP contribution < -0.4 is 62.0 Å². The van der Waals surface area contributed by atoms with Crippen molar-refractivity contribution >= 4 is 29.2 Å². The van der Waals surface area contributed by atoms with Gasteiger partial charge >= 0.3 is 36.8 Å². The molecule has 0 rings (SSSR count). The Balaban J connectivity index is -0.000000000238. The quantitative estimate of drug-likeness (QED) is 0.439. The van der Waals surface area contributed by atoms with E-state index in [1.54, 1.807) is 0 Å². The summed E-state index contributed by atoms with van der Waals surface area (Å²) in [5, 5.41) is 0. The Labute approximate surface area is 114 Å². The van der Waals surface area contributed by atoms with Gasteiger partial charge in [-0.2, -0.15) is 0 Å². The molecule has 0 saturated carbocycles. The summed E-state index contributed by atoms with van der Waals surface area (Å²) in [5.74, 6) is 0. The molecule has 0 unspecified atom stereocenters. The fourth-order valence-electron chi connectivity index (χ4n) is 0. The summed E-state index contributed by atoms with van der Waals surface area (Å²) >= 11 is 3.64. The molecule has 0 fully saturated rings. The van der Waals surface area contributed by atoms with E-state index in [-0.39, 0.29) is 98.9 Å². The normalized spacial score (nSPS) is 0.667. The number of hydrogen-bond donors (Lipinski definition) is 1. The Bertz CT molecular complexity index is 13.0. The van der Waals surface area contributed by atoms with Gasteiger partial charge in [-0.25, -0.2) is 0 Å². The molecular weight excluding hydrogens is 321 g/mol. The van der Waals surface area contributed by atoms with Crippen molar-refractivity contribution in [2.45, 2.75) is 0 Å². The molecule has 0 bridgehead atoms. The van der Waals surface area contributed by atoms with Gasteiger partial charge in [-0.1, -0.05) is 0 Å². The third-order valence-corrected chi connectivity index (χ3v) is 0. The third-order valence-electron chi connectivity index (χ3n) is 0. The second-order valence-electron chi connectivity index (χ2n) is 0. The minimum atomic E-state index is 0. The zero-order chi connectivity index (χ0) is 2.00. The molecule has 0 radical (unpaired) electrons. The summed E-state index contributed by atoms with van der Waals surface area (Å²) in [6.45, 7) is 0. The second-order valence-corrected chi connectivity index (χ2v) is 0. The molecule has 0 heterocycles. The standard InChI is InChI=1S/Al.ClHO.5ClH.Zn/c;1-2;;;;;;/h;2H;5*1H;/q+3;;;;;;;+2/p-5. The number of halogens is 6. The van der Waals surface area contributed by atoms with E-state index in [0.29, 0.717) is 0 Å². The summed E-state index contributed by atoms with van der Waals surface area (Å²) in [6, 6.07) is 0. The maximum absolute atomic E-state index is 6.47. The van der Waals surface area contributed by atoms with Gasteiger partial charge in [0.1, 0.15) is 0 Å². The van der Waals surface area contributed by atoms with Crippen LogP contribution in [-0.4, -0.2) is 22.0 Å². The van der Waals surface area contributed by atoms with Crippen molar-refractivity contribution in [2.75, 3.05) is 0 Å². The van der Waals surface area contributed by atoms with Crippen molar-refractivity contribution in [3.05, 3.63) is 0 Å². The first-order valence-electron chi connectivity index (χ1n) is 0.169. The van der Waals surface area contributed by atoms with Crippen LogP contribution in [0, 0.1) is 0 Å². The van der Waals surface area contributed by atoms with Gasteiger partial charge in [-0.3, -0.25) is 4.66 Å². The van der Waals surface area contributed by atoms with Gasteiger partial charge in [-0.15, -0.1) is 0 Å². The maximum Gasteiger partial charge on any atom is 3.00 e. The van der Waals surface area contributed by atoms with Gasteiger partial charge in [0, 0.05) is 0 Å². The van der Waals surface area contributed by atoms with Gasteiger partial charge in [0.05, 0.1) is 11.9 Å². The van der Waals surface area contributed by atoms with Crippen LogP contribution in [-0.2, 0) is 19.5 Å². The van der Waals surface area contributed by atoms with Crippen LogP contribution in [0.1, 0.15) is 0 Å². The Morgan fingerprint density at radius 2 is 0.667 bits per heavy atom. The Kier molecular flexibility index (Phi) is 1350. The van der Waals surface area contributed by atoms with E-state index in [4.69, 9.17) is 4.66 Å². The van der Waals surface area contributed by atoms with Crippen LogP contribution in [0.4, 0.5) is 0 Å². The van der Waals surface area contributed by atoms with Crippen molar-refractivity contribution in [1.82, 2.24) is 0 Å². The minimum absolute atomic E-state index is 0. The van der Waals surface area contributed by atoms with E-state index in [0.717, 1.165) is 0 Å². The van der Waals surface area contributed by atoms with Gasteiger partial charge in [0.25, 0.3) is 0 Å². The van der Waals surface area contributed by atoms with Crippen molar-refractivity contribution in [2.24, 2.45) is 0 Å². The topological polar surface area (TPSA) is 20.2 Å². The van der Waals surface area contributed by atoms with Crippen LogP contribution >= 0.6 is 11.9 Å². The molecule has 0 aliphatic rings. The summed E-state index contributed by atoms with van der Waals surface area (Å²) in [4.78, 5) is 0. The monoisotopic (exact) mass is 318 g/mol. The van der Waals surface area contributed by atoms with Gasteiger partial charge in [0.15, 0.2) is 0 Å². The maximum atomic E-state index is 6.47. The molecular formula is HAlCl6OZn. The molecule has 0 atom stereocenters. The molecule has 0 aliphatic carbocycles. The van der Waals surface area contributed by atoms with E-state index < -0.39 is 0 Å². The predicted molar refractivity (Wildman–Crippen MR) is 13.8 cm³/mol. The van der Waals surface area contributed by atoms with E-state index in [1.807, 2.05) is 0 Å². The summed E-state index contributed by atoms with van der Waals surface area (Å²) in [6.07, 6.45) is 0. The van der Waals surface area contributed by atoms with Crippen molar-refractivity contribution in [3.63, 3.8) is 0 Å². The molecule has 1 nitrogen and oxygen atoms in total. The van der Waals surface area contributed by atoms with Crippen LogP contribution in [0.15, 0.2) is 0 Å². The first kappa shape index (κ1) is 94.0. The molecule has 54 valence electrons. The zero-order valence-electron chi connectivity index (χ0n) is 4.00. The summed E-state index contributed by atoms with van der Waals surface area (Å²) in [7, 11) is 0. The first-order chi connectivity index (χ1) is 1.00. The predicted octanol–water partition coefficient (Wildman–Crippen LogP) is -15.2. The van der Waals surface area contributed by atoms with Gasteiger partial charge in [0.2, 0.25) is 0 Å². The van der Waals surface area contributed by atoms with Crippen LogP contribution in [0.3, 0.4) is 0 Å². The second kappa shape index (κ2) is 129. The molecule has 0 spiro atoms. The van der Waals surface area contributed by atoms with Gasteiger partial charge < -0.3 is 62.0 Å².